The normalized spacial score (nSPS) is 14.8. The van der Waals surface area contributed by atoms with Crippen LogP contribution in [0.25, 0.3) is 11.0 Å². The number of aryl methyl sites for hydroxylation is 1. The summed E-state index contributed by atoms with van der Waals surface area (Å²) in [5, 5.41) is 13.6. The van der Waals surface area contributed by atoms with Gasteiger partial charge in [0.25, 0.3) is 5.91 Å². The minimum atomic E-state index is -0.186. The lowest BCUT2D eigenvalue weighted by atomic mass is 10.2. The Morgan fingerprint density at radius 2 is 2.14 bits per heavy atom. The number of furan rings is 1. The summed E-state index contributed by atoms with van der Waals surface area (Å²) in [5.41, 5.74) is 0.711. The van der Waals surface area contributed by atoms with Crippen molar-refractivity contribution in [3.63, 3.8) is 0 Å². The van der Waals surface area contributed by atoms with Gasteiger partial charge in [-0.25, -0.2) is 0 Å². The third-order valence-corrected chi connectivity index (χ3v) is 6.31. The van der Waals surface area contributed by atoms with Crippen molar-refractivity contribution in [1.82, 2.24) is 20.1 Å². The first-order chi connectivity index (χ1) is 13.7. The van der Waals surface area contributed by atoms with Gasteiger partial charge in [-0.15, -0.1) is 10.2 Å². The lowest BCUT2D eigenvalue weighted by Crippen LogP contribution is -2.24. The summed E-state index contributed by atoms with van der Waals surface area (Å²) in [4.78, 5) is 12.4. The second kappa shape index (κ2) is 8.69. The van der Waals surface area contributed by atoms with E-state index in [1.165, 1.54) is 25.7 Å². The van der Waals surface area contributed by atoms with Crippen LogP contribution in [0.4, 0.5) is 0 Å². The van der Waals surface area contributed by atoms with E-state index in [-0.39, 0.29) is 5.91 Å². The van der Waals surface area contributed by atoms with Gasteiger partial charge < -0.3 is 14.3 Å². The minimum absolute atomic E-state index is 0.186. The number of thioether (sulfide) groups is 1. The number of hydrogen-bond acceptors (Lipinski definition) is 5. The van der Waals surface area contributed by atoms with Gasteiger partial charge in [0, 0.05) is 28.9 Å². The van der Waals surface area contributed by atoms with E-state index < -0.39 is 0 Å². The summed E-state index contributed by atoms with van der Waals surface area (Å²) >= 11 is 5.08. The monoisotopic (exact) mass is 462 g/mol. The van der Waals surface area contributed by atoms with Crippen LogP contribution in [0.5, 0.6) is 0 Å². The highest BCUT2D eigenvalue weighted by atomic mass is 79.9. The van der Waals surface area contributed by atoms with Crippen molar-refractivity contribution in [2.75, 3.05) is 12.8 Å². The molecule has 0 aliphatic heterocycles. The molecular weight excluding hydrogens is 440 g/mol. The topological polar surface area (TPSA) is 73.0 Å². The SMILES string of the molecule is CSc1nnc(CCCNC(=O)c2cc3cc(Br)ccc3o2)n1C1CCCC1. The second-order valence-corrected chi connectivity index (χ2v) is 8.75. The smallest absolute Gasteiger partial charge is 0.287 e. The number of benzene rings is 1. The molecule has 1 amide bonds. The molecule has 1 aliphatic rings. The number of carbonyl (C=O) groups excluding carboxylic acids is 1. The summed E-state index contributed by atoms with van der Waals surface area (Å²) in [6.07, 6.45) is 8.63. The molecule has 0 saturated heterocycles. The van der Waals surface area contributed by atoms with Gasteiger partial charge in [-0.05, 0) is 49.8 Å². The fraction of sp³-hybridized carbons (Fsp3) is 0.450. The molecule has 0 unspecified atom stereocenters. The van der Waals surface area contributed by atoms with Gasteiger partial charge in [0.05, 0.1) is 0 Å². The largest absolute Gasteiger partial charge is 0.451 e. The summed E-state index contributed by atoms with van der Waals surface area (Å²) in [7, 11) is 0. The average molecular weight is 463 g/mol. The molecule has 148 valence electrons. The Kier molecular flexibility index (Phi) is 6.06. The molecular formula is C20H23BrN4O2S. The van der Waals surface area contributed by atoms with Crippen LogP contribution in [0.1, 0.15) is 54.5 Å². The first kappa shape index (κ1) is 19.5. The maximum Gasteiger partial charge on any atom is 0.287 e. The lowest BCUT2D eigenvalue weighted by molar-refractivity contribution is 0.0927. The Bertz CT molecular complexity index is 978. The number of halogens is 1. The summed E-state index contributed by atoms with van der Waals surface area (Å²) in [5.74, 6) is 1.18. The van der Waals surface area contributed by atoms with Crippen molar-refractivity contribution < 1.29 is 9.21 Å². The van der Waals surface area contributed by atoms with Crippen LogP contribution < -0.4 is 5.32 Å². The van der Waals surface area contributed by atoms with Crippen LogP contribution in [-0.4, -0.2) is 33.5 Å². The van der Waals surface area contributed by atoms with E-state index in [2.05, 4.69) is 36.0 Å². The maximum absolute atomic E-state index is 12.4. The summed E-state index contributed by atoms with van der Waals surface area (Å²) in [6.45, 7) is 0.575. The van der Waals surface area contributed by atoms with Gasteiger partial charge in [-0.3, -0.25) is 4.79 Å². The number of fused-ring (bicyclic) bond motifs is 1. The standard InChI is InChI=1S/C20H23BrN4O2S/c1-28-20-24-23-18(25(20)15-5-2-3-6-15)7-4-10-22-19(26)17-12-13-11-14(21)8-9-16(13)27-17/h8-9,11-12,15H,2-7,10H2,1H3,(H,22,26). The maximum atomic E-state index is 12.4. The van der Waals surface area contributed by atoms with Crippen LogP contribution >= 0.6 is 27.7 Å². The molecule has 1 aliphatic carbocycles. The van der Waals surface area contributed by atoms with Gasteiger partial charge in [-0.1, -0.05) is 40.5 Å². The third-order valence-electron chi connectivity index (χ3n) is 5.17. The lowest BCUT2D eigenvalue weighted by Gasteiger charge is -2.16. The number of rotatable bonds is 7. The van der Waals surface area contributed by atoms with E-state index in [4.69, 9.17) is 4.42 Å². The quantitative estimate of drug-likeness (QED) is 0.395. The molecule has 8 heteroatoms. The van der Waals surface area contributed by atoms with E-state index in [0.717, 1.165) is 33.7 Å². The van der Waals surface area contributed by atoms with E-state index in [1.807, 2.05) is 24.5 Å². The van der Waals surface area contributed by atoms with Crippen LogP contribution in [0.3, 0.4) is 0 Å². The molecule has 1 aromatic carbocycles. The fourth-order valence-electron chi connectivity index (χ4n) is 3.81. The number of hydrogen-bond donors (Lipinski definition) is 1. The van der Waals surface area contributed by atoms with Crippen LogP contribution in [0.2, 0.25) is 0 Å². The van der Waals surface area contributed by atoms with Crippen molar-refractivity contribution in [3.8, 4) is 0 Å². The van der Waals surface area contributed by atoms with Crippen molar-refractivity contribution in [2.45, 2.75) is 49.7 Å². The van der Waals surface area contributed by atoms with Gasteiger partial charge in [0.2, 0.25) is 0 Å². The van der Waals surface area contributed by atoms with Crippen LogP contribution in [0, 0.1) is 0 Å². The molecule has 1 N–H and O–H groups in total. The van der Waals surface area contributed by atoms with Crippen LogP contribution in [0.15, 0.2) is 38.3 Å². The number of aromatic nitrogens is 3. The van der Waals surface area contributed by atoms with Crippen molar-refractivity contribution in [3.05, 3.63) is 40.3 Å². The summed E-state index contributed by atoms with van der Waals surface area (Å²) < 4.78 is 8.92. The first-order valence-corrected chi connectivity index (χ1v) is 11.6. The molecule has 6 nitrogen and oxygen atoms in total. The molecule has 1 saturated carbocycles. The van der Waals surface area contributed by atoms with Gasteiger partial charge in [0.1, 0.15) is 11.4 Å². The van der Waals surface area contributed by atoms with Crippen molar-refractivity contribution in [2.24, 2.45) is 0 Å². The molecule has 0 atom stereocenters. The molecule has 1 fully saturated rings. The van der Waals surface area contributed by atoms with Gasteiger partial charge in [0.15, 0.2) is 10.9 Å². The number of amides is 1. The predicted molar refractivity (Wildman–Crippen MR) is 114 cm³/mol. The Hall–Kier alpha value is -1.80. The zero-order valence-electron chi connectivity index (χ0n) is 15.8. The molecule has 0 bridgehead atoms. The fourth-order valence-corrected chi connectivity index (χ4v) is 4.76. The number of carbonyl (C=O) groups is 1. The minimum Gasteiger partial charge on any atom is -0.451 e. The molecule has 2 heterocycles. The Balaban J connectivity index is 1.34. The van der Waals surface area contributed by atoms with E-state index >= 15 is 0 Å². The number of nitrogens with zero attached hydrogens (tertiary/aromatic N) is 3. The average Bonchev–Trinajstić information content (AvgIpc) is 3.42. The highest BCUT2D eigenvalue weighted by molar-refractivity contribution is 9.10. The molecule has 0 spiro atoms. The Morgan fingerprint density at radius 1 is 1.32 bits per heavy atom. The molecule has 2 aromatic heterocycles. The van der Waals surface area contributed by atoms with E-state index in [9.17, 15) is 4.79 Å². The second-order valence-electron chi connectivity index (χ2n) is 7.06. The zero-order chi connectivity index (χ0) is 19.5. The third kappa shape index (κ3) is 4.12. The number of nitrogens with one attached hydrogen (secondary N) is 1. The molecule has 3 aromatic rings. The molecule has 0 radical (unpaired) electrons. The zero-order valence-corrected chi connectivity index (χ0v) is 18.2. The van der Waals surface area contributed by atoms with Crippen LogP contribution in [-0.2, 0) is 6.42 Å². The van der Waals surface area contributed by atoms with Gasteiger partial charge in [-0.2, -0.15) is 0 Å². The molecule has 28 heavy (non-hydrogen) atoms. The molecule has 4 rings (SSSR count). The highest BCUT2D eigenvalue weighted by Crippen LogP contribution is 2.33. The Labute approximate surface area is 176 Å². The Morgan fingerprint density at radius 3 is 2.93 bits per heavy atom. The van der Waals surface area contributed by atoms with Crippen molar-refractivity contribution >= 4 is 44.6 Å². The van der Waals surface area contributed by atoms with Crippen molar-refractivity contribution in [1.29, 1.82) is 0 Å². The highest BCUT2D eigenvalue weighted by Gasteiger charge is 2.23. The van der Waals surface area contributed by atoms with E-state index in [1.54, 1.807) is 17.8 Å². The summed E-state index contributed by atoms with van der Waals surface area (Å²) in [6, 6.07) is 8.00. The van der Waals surface area contributed by atoms with E-state index in [0.29, 0.717) is 23.9 Å². The predicted octanol–water partition coefficient (Wildman–Crippen LogP) is 4.99. The first-order valence-electron chi connectivity index (χ1n) is 9.61. The van der Waals surface area contributed by atoms with Gasteiger partial charge >= 0.3 is 0 Å².